The topological polar surface area (TPSA) is 8.88 Å². The zero-order valence-electron chi connectivity index (χ0n) is 21.1. The van der Waals surface area contributed by atoms with Crippen molar-refractivity contribution in [2.75, 3.05) is 26.2 Å². The molecule has 0 saturated carbocycles. The lowest BCUT2D eigenvalue weighted by Gasteiger charge is -2.38. The number of hydrogen-bond acceptors (Lipinski definition) is 2. The second-order valence-corrected chi connectivity index (χ2v) is 13.7. The van der Waals surface area contributed by atoms with Gasteiger partial charge in [0.1, 0.15) is 38.3 Å². The van der Waals surface area contributed by atoms with Crippen LogP contribution in [0.3, 0.4) is 0 Å². The molecular formula is C32H30Cl2N2S2+2. The van der Waals surface area contributed by atoms with Crippen LogP contribution < -0.4 is 9.80 Å². The maximum absolute atomic E-state index is 6.55. The molecule has 0 radical (unpaired) electrons. The van der Waals surface area contributed by atoms with E-state index in [0.717, 1.165) is 49.1 Å². The van der Waals surface area contributed by atoms with Crippen molar-refractivity contribution in [1.29, 1.82) is 0 Å². The Kier molecular flexibility index (Phi) is 6.98. The first kappa shape index (κ1) is 25.1. The summed E-state index contributed by atoms with van der Waals surface area (Å²) in [6.45, 7) is 4.61. The summed E-state index contributed by atoms with van der Waals surface area (Å²) >= 11 is 16.9. The number of quaternary nitrogens is 2. The van der Waals surface area contributed by atoms with Crippen LogP contribution in [0, 0.1) is 0 Å². The van der Waals surface area contributed by atoms with Gasteiger partial charge in [-0.25, -0.2) is 0 Å². The fourth-order valence-corrected chi connectivity index (χ4v) is 9.13. The molecule has 38 heavy (non-hydrogen) atoms. The average Bonchev–Trinajstić information content (AvgIpc) is 3.21. The first-order chi connectivity index (χ1) is 18.6. The van der Waals surface area contributed by atoms with Gasteiger partial charge in [-0.05, 0) is 59.7 Å². The number of nitrogens with one attached hydrogen (secondary N) is 2. The molecule has 192 valence electrons. The summed E-state index contributed by atoms with van der Waals surface area (Å²) in [6.07, 6.45) is 2.13. The lowest BCUT2D eigenvalue weighted by atomic mass is 9.95. The number of rotatable bonds is 2. The van der Waals surface area contributed by atoms with Crippen LogP contribution in [-0.4, -0.2) is 26.2 Å². The monoisotopic (exact) mass is 576 g/mol. The van der Waals surface area contributed by atoms with E-state index in [2.05, 4.69) is 72.8 Å². The molecule has 0 spiro atoms. The molecule has 1 saturated heterocycles. The van der Waals surface area contributed by atoms with E-state index in [0.29, 0.717) is 12.1 Å². The lowest BCUT2D eigenvalue weighted by molar-refractivity contribution is -1.04. The molecule has 7 rings (SSSR count). The van der Waals surface area contributed by atoms with E-state index in [9.17, 15) is 0 Å². The number of hydrogen-bond donors (Lipinski definition) is 2. The zero-order valence-corrected chi connectivity index (χ0v) is 24.2. The summed E-state index contributed by atoms with van der Waals surface area (Å²) in [5.41, 5.74) is 5.74. The number of halogens is 2. The molecule has 2 atom stereocenters. The number of piperazine rings is 1. The molecule has 6 heteroatoms. The molecule has 3 aliphatic rings. The Morgan fingerprint density at radius 3 is 1.39 bits per heavy atom. The Balaban J connectivity index is 1.18. The van der Waals surface area contributed by atoms with Crippen LogP contribution in [0.4, 0.5) is 0 Å². The summed E-state index contributed by atoms with van der Waals surface area (Å²) in [7, 11) is 0. The van der Waals surface area contributed by atoms with E-state index >= 15 is 0 Å². The number of fused-ring (bicyclic) bond motifs is 4. The van der Waals surface area contributed by atoms with Gasteiger partial charge in [-0.3, -0.25) is 0 Å². The molecular weight excluding hydrogens is 547 g/mol. The second-order valence-electron chi connectivity index (χ2n) is 10.6. The predicted octanol–water partition coefficient (Wildman–Crippen LogP) is 5.97. The molecule has 2 N–H and O–H groups in total. The van der Waals surface area contributed by atoms with Gasteiger partial charge in [0.2, 0.25) is 0 Å². The van der Waals surface area contributed by atoms with Crippen molar-refractivity contribution in [3.05, 3.63) is 117 Å². The van der Waals surface area contributed by atoms with Crippen molar-refractivity contribution in [2.45, 2.75) is 44.5 Å². The summed E-state index contributed by atoms with van der Waals surface area (Å²) in [5.74, 6) is 0. The first-order valence-electron chi connectivity index (χ1n) is 13.4. The van der Waals surface area contributed by atoms with Gasteiger partial charge in [0.05, 0.1) is 0 Å². The molecule has 4 aromatic rings. The third-order valence-electron chi connectivity index (χ3n) is 8.45. The second kappa shape index (κ2) is 10.6. The Morgan fingerprint density at radius 2 is 0.947 bits per heavy atom. The Labute approximate surface area is 243 Å². The lowest BCUT2D eigenvalue weighted by Crippen LogP contribution is -3.28. The first-order valence-corrected chi connectivity index (χ1v) is 15.8. The number of benzene rings is 4. The molecule has 0 aromatic heterocycles. The van der Waals surface area contributed by atoms with E-state index in [1.54, 1.807) is 9.80 Å². The summed E-state index contributed by atoms with van der Waals surface area (Å²) in [6, 6.07) is 31.7. The van der Waals surface area contributed by atoms with Crippen LogP contribution in [0.25, 0.3) is 0 Å². The van der Waals surface area contributed by atoms with E-state index in [1.807, 2.05) is 35.7 Å². The summed E-state index contributed by atoms with van der Waals surface area (Å²) in [4.78, 5) is 8.84. The van der Waals surface area contributed by atoms with Crippen molar-refractivity contribution in [1.82, 2.24) is 0 Å². The van der Waals surface area contributed by atoms with Crippen LogP contribution in [0.1, 0.15) is 34.3 Å². The van der Waals surface area contributed by atoms with Gasteiger partial charge in [-0.1, -0.05) is 83.1 Å². The van der Waals surface area contributed by atoms with Crippen molar-refractivity contribution in [3.8, 4) is 0 Å². The minimum absolute atomic E-state index is 0.425. The van der Waals surface area contributed by atoms with Crippen molar-refractivity contribution >= 4 is 46.7 Å². The Hall–Kier alpha value is -1.92. The van der Waals surface area contributed by atoms with Gasteiger partial charge in [0.25, 0.3) is 0 Å². The van der Waals surface area contributed by atoms with E-state index in [4.69, 9.17) is 23.2 Å². The van der Waals surface area contributed by atoms with Gasteiger partial charge in [0.15, 0.2) is 0 Å². The molecule has 4 aromatic carbocycles. The fourth-order valence-electron chi connectivity index (χ4n) is 6.53. The standard InChI is InChI=1S/C32H28Cl2N2S2/c33-23-9-11-31-25(19-23)27(17-21-5-1-3-7-29(21)37-31)35-13-15-36(16-14-35)28-18-22-6-2-4-8-30(22)38-32-12-10-24(34)20-26(28)32/h1-12,19-20,27-28H,13-18H2/p+2/t27-,28-/m0/s1. The fraction of sp³-hybridized carbons (Fsp3) is 0.250. The molecule has 0 bridgehead atoms. The van der Waals surface area contributed by atoms with Gasteiger partial charge in [-0.15, -0.1) is 0 Å². The van der Waals surface area contributed by atoms with Gasteiger partial charge < -0.3 is 9.80 Å². The maximum atomic E-state index is 6.55. The highest BCUT2D eigenvalue weighted by atomic mass is 35.5. The summed E-state index contributed by atoms with van der Waals surface area (Å²) in [5, 5.41) is 1.68. The maximum Gasteiger partial charge on any atom is 0.128 e. The molecule has 3 aliphatic heterocycles. The van der Waals surface area contributed by atoms with Gasteiger partial charge in [-0.2, -0.15) is 0 Å². The van der Waals surface area contributed by atoms with E-state index in [1.165, 1.54) is 41.8 Å². The molecule has 0 aliphatic carbocycles. The average molecular weight is 578 g/mol. The van der Waals surface area contributed by atoms with Crippen molar-refractivity contribution in [3.63, 3.8) is 0 Å². The highest BCUT2D eigenvalue weighted by Gasteiger charge is 2.38. The van der Waals surface area contributed by atoms with Crippen LogP contribution in [0.5, 0.6) is 0 Å². The van der Waals surface area contributed by atoms with E-state index in [-0.39, 0.29) is 0 Å². The zero-order chi connectivity index (χ0) is 25.6. The minimum Gasteiger partial charge on any atom is -0.319 e. The molecule has 0 amide bonds. The quantitative estimate of drug-likeness (QED) is 0.304. The van der Waals surface area contributed by atoms with Crippen LogP contribution in [0.15, 0.2) is 105 Å². The minimum atomic E-state index is 0.425. The molecule has 3 heterocycles. The Morgan fingerprint density at radius 1 is 0.526 bits per heavy atom. The normalized spacial score (nSPS) is 24.3. The molecule has 0 unspecified atom stereocenters. The predicted molar refractivity (Wildman–Crippen MR) is 158 cm³/mol. The third kappa shape index (κ3) is 4.81. The summed E-state index contributed by atoms with van der Waals surface area (Å²) < 4.78 is 0. The Bertz CT molecular complexity index is 1390. The van der Waals surface area contributed by atoms with Gasteiger partial charge in [0, 0.05) is 53.6 Å². The highest BCUT2D eigenvalue weighted by Crippen LogP contribution is 2.42. The van der Waals surface area contributed by atoms with E-state index < -0.39 is 0 Å². The smallest absolute Gasteiger partial charge is 0.128 e. The van der Waals surface area contributed by atoms with Crippen LogP contribution in [0.2, 0.25) is 10.0 Å². The third-order valence-corrected chi connectivity index (χ3v) is 11.3. The van der Waals surface area contributed by atoms with Crippen molar-refractivity contribution in [2.24, 2.45) is 0 Å². The molecule has 2 nitrogen and oxygen atoms in total. The van der Waals surface area contributed by atoms with Gasteiger partial charge >= 0.3 is 0 Å². The SMILES string of the molecule is Clc1ccc2c(c1)[C@@H]([NH+]1CC[NH+]([C@H]3Cc4ccccc4Sc4ccc(Cl)cc43)CC1)Cc1ccccc1S2. The van der Waals surface area contributed by atoms with Crippen LogP contribution in [-0.2, 0) is 12.8 Å². The van der Waals surface area contributed by atoms with Crippen LogP contribution >= 0.6 is 46.7 Å². The highest BCUT2D eigenvalue weighted by molar-refractivity contribution is 7.99. The van der Waals surface area contributed by atoms with Crippen molar-refractivity contribution < 1.29 is 9.80 Å². The largest absolute Gasteiger partial charge is 0.319 e. The molecule has 1 fully saturated rings.